The van der Waals surface area contributed by atoms with E-state index in [9.17, 15) is 4.79 Å². The van der Waals surface area contributed by atoms with Crippen LogP contribution in [0.25, 0.3) is 0 Å². The van der Waals surface area contributed by atoms with Crippen LogP contribution in [0.3, 0.4) is 0 Å². The lowest BCUT2D eigenvalue weighted by atomic mass is 9.99. The van der Waals surface area contributed by atoms with Crippen LogP contribution in [0, 0.1) is 19.8 Å². The summed E-state index contributed by atoms with van der Waals surface area (Å²) in [5.74, 6) is 1.47. The molecule has 1 aromatic carbocycles. The molecule has 1 saturated carbocycles. The van der Waals surface area contributed by atoms with E-state index in [1.54, 1.807) is 7.11 Å². The van der Waals surface area contributed by atoms with Gasteiger partial charge in [0.05, 0.1) is 7.11 Å². The number of nitrogens with zero attached hydrogens (tertiary/aromatic N) is 1. The number of carbonyl (C=O) groups excluding carboxylic acids is 1. The summed E-state index contributed by atoms with van der Waals surface area (Å²) >= 11 is 0. The van der Waals surface area contributed by atoms with Crippen molar-refractivity contribution in [3.8, 4) is 5.75 Å². The van der Waals surface area contributed by atoms with E-state index in [4.69, 9.17) is 10.5 Å². The van der Waals surface area contributed by atoms with E-state index < -0.39 is 0 Å². The normalized spacial score (nSPS) is 21.0. The minimum atomic E-state index is 0.188. The zero-order valence-electron chi connectivity index (χ0n) is 14.2. The van der Waals surface area contributed by atoms with Gasteiger partial charge in [-0.15, -0.1) is 0 Å². The summed E-state index contributed by atoms with van der Waals surface area (Å²) < 4.78 is 5.39. The molecule has 0 heterocycles. The van der Waals surface area contributed by atoms with Gasteiger partial charge in [0.1, 0.15) is 5.75 Å². The SMILES string of the molecule is COc1c(C)cc(CN(C)C(=O)C[C@@H]2CCC[C@H]2N)cc1C. The predicted molar refractivity (Wildman–Crippen MR) is 88.9 cm³/mol. The average Bonchev–Trinajstić information content (AvgIpc) is 2.84. The van der Waals surface area contributed by atoms with E-state index in [0.717, 1.165) is 41.7 Å². The van der Waals surface area contributed by atoms with E-state index in [1.807, 2.05) is 25.8 Å². The van der Waals surface area contributed by atoms with Crippen LogP contribution in [0.5, 0.6) is 5.75 Å². The summed E-state index contributed by atoms with van der Waals surface area (Å²) in [7, 11) is 3.56. The van der Waals surface area contributed by atoms with Crippen LogP contribution in [0.4, 0.5) is 0 Å². The number of benzene rings is 1. The highest BCUT2D eigenvalue weighted by Gasteiger charge is 2.27. The largest absolute Gasteiger partial charge is 0.496 e. The van der Waals surface area contributed by atoms with Crippen molar-refractivity contribution in [2.24, 2.45) is 11.7 Å². The van der Waals surface area contributed by atoms with Crippen molar-refractivity contribution < 1.29 is 9.53 Å². The van der Waals surface area contributed by atoms with E-state index in [1.165, 1.54) is 0 Å². The van der Waals surface area contributed by atoms with Crippen LogP contribution >= 0.6 is 0 Å². The number of carbonyl (C=O) groups is 1. The minimum Gasteiger partial charge on any atom is -0.496 e. The molecule has 0 radical (unpaired) electrons. The van der Waals surface area contributed by atoms with Crippen molar-refractivity contribution in [2.75, 3.05) is 14.2 Å². The first-order chi connectivity index (χ1) is 10.4. The lowest BCUT2D eigenvalue weighted by molar-refractivity contribution is -0.131. The number of ether oxygens (including phenoxy) is 1. The molecule has 0 saturated heterocycles. The lowest BCUT2D eigenvalue weighted by Gasteiger charge is -2.22. The van der Waals surface area contributed by atoms with Crippen molar-refractivity contribution in [3.63, 3.8) is 0 Å². The number of rotatable bonds is 5. The molecule has 1 aliphatic carbocycles. The Morgan fingerprint density at radius 3 is 2.45 bits per heavy atom. The summed E-state index contributed by atoms with van der Waals surface area (Å²) in [6.07, 6.45) is 3.87. The zero-order valence-corrected chi connectivity index (χ0v) is 14.2. The highest BCUT2D eigenvalue weighted by molar-refractivity contribution is 5.76. The van der Waals surface area contributed by atoms with Crippen molar-refractivity contribution in [1.29, 1.82) is 0 Å². The Kier molecular flexibility index (Phi) is 5.46. The van der Waals surface area contributed by atoms with Crippen LogP contribution in [-0.2, 0) is 11.3 Å². The first-order valence-corrected chi connectivity index (χ1v) is 8.06. The van der Waals surface area contributed by atoms with E-state index >= 15 is 0 Å². The minimum absolute atomic E-state index is 0.188. The van der Waals surface area contributed by atoms with Crippen molar-refractivity contribution >= 4 is 5.91 Å². The predicted octanol–water partition coefficient (Wildman–Crippen LogP) is 2.79. The fourth-order valence-electron chi connectivity index (χ4n) is 3.51. The molecular formula is C18H28N2O2. The molecular weight excluding hydrogens is 276 g/mol. The summed E-state index contributed by atoms with van der Waals surface area (Å²) in [6, 6.07) is 4.39. The number of methoxy groups -OCH3 is 1. The fraction of sp³-hybridized carbons (Fsp3) is 0.611. The average molecular weight is 304 g/mol. The van der Waals surface area contributed by atoms with E-state index in [-0.39, 0.29) is 11.9 Å². The molecule has 2 N–H and O–H groups in total. The Bertz CT molecular complexity index is 519. The van der Waals surface area contributed by atoms with Crippen molar-refractivity contribution in [1.82, 2.24) is 4.90 Å². The van der Waals surface area contributed by atoms with Crippen molar-refractivity contribution in [3.05, 3.63) is 28.8 Å². The summed E-state index contributed by atoms with van der Waals surface area (Å²) in [6.45, 7) is 4.70. The van der Waals surface area contributed by atoms with Gasteiger partial charge in [-0.2, -0.15) is 0 Å². The lowest BCUT2D eigenvalue weighted by Crippen LogP contribution is -2.32. The second-order valence-electron chi connectivity index (χ2n) is 6.57. The molecule has 1 aromatic rings. The summed E-state index contributed by atoms with van der Waals surface area (Å²) in [5, 5.41) is 0. The molecule has 22 heavy (non-hydrogen) atoms. The molecule has 1 aliphatic rings. The Morgan fingerprint density at radius 1 is 1.32 bits per heavy atom. The van der Waals surface area contributed by atoms with E-state index in [2.05, 4.69) is 12.1 Å². The third-order valence-electron chi connectivity index (χ3n) is 4.72. The van der Waals surface area contributed by atoms with Gasteiger partial charge in [-0.1, -0.05) is 18.6 Å². The molecule has 0 unspecified atom stereocenters. The Labute approximate surface area is 133 Å². The highest BCUT2D eigenvalue weighted by Crippen LogP contribution is 2.28. The van der Waals surface area contributed by atoms with Gasteiger partial charge in [0.15, 0.2) is 0 Å². The molecule has 1 fully saturated rings. The number of amides is 1. The molecule has 4 heteroatoms. The van der Waals surface area contributed by atoms with Crippen LogP contribution in [-0.4, -0.2) is 31.0 Å². The summed E-state index contributed by atoms with van der Waals surface area (Å²) in [4.78, 5) is 14.2. The number of hydrogen-bond donors (Lipinski definition) is 1. The van der Waals surface area contributed by atoms with Crippen LogP contribution in [0.15, 0.2) is 12.1 Å². The topological polar surface area (TPSA) is 55.6 Å². The Balaban J connectivity index is 1.99. The van der Waals surface area contributed by atoms with Crippen LogP contribution < -0.4 is 10.5 Å². The third kappa shape index (κ3) is 3.80. The van der Waals surface area contributed by atoms with Crippen LogP contribution in [0.2, 0.25) is 0 Å². The molecule has 0 aliphatic heterocycles. The molecule has 1 amide bonds. The molecule has 4 nitrogen and oxygen atoms in total. The van der Waals surface area contributed by atoms with Gasteiger partial charge in [0, 0.05) is 26.1 Å². The van der Waals surface area contributed by atoms with Gasteiger partial charge in [-0.25, -0.2) is 0 Å². The van der Waals surface area contributed by atoms with E-state index in [0.29, 0.717) is 18.9 Å². The number of hydrogen-bond acceptors (Lipinski definition) is 3. The molecule has 122 valence electrons. The maximum Gasteiger partial charge on any atom is 0.222 e. The Morgan fingerprint density at radius 2 is 1.95 bits per heavy atom. The smallest absolute Gasteiger partial charge is 0.222 e. The first kappa shape index (κ1) is 16.8. The second-order valence-corrected chi connectivity index (χ2v) is 6.57. The zero-order chi connectivity index (χ0) is 16.3. The molecule has 0 spiro atoms. The molecule has 0 bridgehead atoms. The monoisotopic (exact) mass is 304 g/mol. The van der Waals surface area contributed by atoms with Gasteiger partial charge in [0.25, 0.3) is 0 Å². The van der Waals surface area contributed by atoms with Gasteiger partial charge in [-0.05, 0) is 49.3 Å². The fourth-order valence-corrected chi connectivity index (χ4v) is 3.51. The Hall–Kier alpha value is -1.55. The third-order valence-corrected chi connectivity index (χ3v) is 4.72. The maximum atomic E-state index is 12.4. The molecule has 2 atom stereocenters. The molecule has 2 rings (SSSR count). The maximum absolute atomic E-state index is 12.4. The van der Waals surface area contributed by atoms with Gasteiger partial charge in [0.2, 0.25) is 5.91 Å². The second kappa shape index (κ2) is 7.14. The number of nitrogens with two attached hydrogens (primary N) is 1. The quantitative estimate of drug-likeness (QED) is 0.910. The van der Waals surface area contributed by atoms with Gasteiger partial charge < -0.3 is 15.4 Å². The van der Waals surface area contributed by atoms with Crippen LogP contribution in [0.1, 0.15) is 42.4 Å². The molecule has 0 aromatic heterocycles. The highest BCUT2D eigenvalue weighted by atomic mass is 16.5. The van der Waals surface area contributed by atoms with Gasteiger partial charge in [-0.3, -0.25) is 4.79 Å². The van der Waals surface area contributed by atoms with Gasteiger partial charge >= 0.3 is 0 Å². The summed E-state index contributed by atoms with van der Waals surface area (Å²) in [5.41, 5.74) is 9.42. The first-order valence-electron chi connectivity index (χ1n) is 8.06. The van der Waals surface area contributed by atoms with Crippen molar-refractivity contribution in [2.45, 2.75) is 52.1 Å². The standard InChI is InChI=1S/C18H28N2O2/c1-12-8-14(9-13(2)18(12)22-4)11-20(3)17(21)10-15-6-5-7-16(15)19/h8-9,15-16H,5-7,10-11,19H2,1-4H3/t15-,16+/m0/s1. The number of aryl methyl sites for hydroxylation is 2.